The Bertz CT molecular complexity index is 545. The summed E-state index contributed by atoms with van der Waals surface area (Å²) in [4.78, 5) is 21.1. The van der Waals surface area contributed by atoms with Gasteiger partial charge in [-0.3, -0.25) is 0 Å². The molecule has 1 fully saturated rings. The van der Waals surface area contributed by atoms with E-state index in [0.717, 1.165) is 43.0 Å². The van der Waals surface area contributed by atoms with Gasteiger partial charge in [0.05, 0.1) is 13.2 Å². The number of methoxy groups -OCH3 is 1. The van der Waals surface area contributed by atoms with Gasteiger partial charge in [-0.15, -0.1) is 0 Å². The number of carbonyl (C=O) groups excluding carboxylic acids is 1. The molecule has 1 saturated carbocycles. The summed E-state index contributed by atoms with van der Waals surface area (Å²) in [6.45, 7) is 5.55. The van der Waals surface area contributed by atoms with Crippen molar-refractivity contribution >= 4 is 11.8 Å². The number of aryl methyl sites for hydroxylation is 1. The van der Waals surface area contributed by atoms with Crippen molar-refractivity contribution in [3.63, 3.8) is 0 Å². The molecule has 1 aromatic heterocycles. The zero-order valence-corrected chi connectivity index (χ0v) is 13.3. The molecule has 120 valence electrons. The summed E-state index contributed by atoms with van der Waals surface area (Å²) in [6, 6.07) is 4.52. The molecule has 0 spiro atoms. The molecular formula is C16H24N4O2. The van der Waals surface area contributed by atoms with Crippen LogP contribution in [0.25, 0.3) is 0 Å². The minimum Gasteiger partial charge on any atom is -0.383 e. The fraction of sp³-hybridized carbons (Fsp3) is 0.625. The van der Waals surface area contributed by atoms with Gasteiger partial charge < -0.3 is 19.9 Å². The summed E-state index contributed by atoms with van der Waals surface area (Å²) in [7, 11) is 1.71. The van der Waals surface area contributed by atoms with Crippen molar-refractivity contribution < 1.29 is 9.53 Å². The van der Waals surface area contributed by atoms with Crippen LogP contribution in [0.1, 0.15) is 24.1 Å². The van der Waals surface area contributed by atoms with Crippen LogP contribution in [-0.4, -0.2) is 55.3 Å². The lowest BCUT2D eigenvalue weighted by Gasteiger charge is -2.23. The summed E-state index contributed by atoms with van der Waals surface area (Å²) in [5.41, 5.74) is 2.10. The van der Waals surface area contributed by atoms with Gasteiger partial charge in [-0.25, -0.2) is 9.78 Å². The number of aromatic nitrogens is 1. The van der Waals surface area contributed by atoms with Crippen molar-refractivity contribution in [1.29, 1.82) is 0 Å². The van der Waals surface area contributed by atoms with Crippen LogP contribution in [0.4, 0.5) is 10.6 Å². The Labute approximate surface area is 131 Å². The van der Waals surface area contributed by atoms with Gasteiger partial charge in [0.25, 0.3) is 0 Å². The first kappa shape index (κ1) is 15.1. The van der Waals surface area contributed by atoms with E-state index in [1.807, 2.05) is 17.9 Å². The minimum absolute atomic E-state index is 0.0441. The maximum atomic E-state index is 12.3. The molecule has 2 heterocycles. The summed E-state index contributed by atoms with van der Waals surface area (Å²) < 4.78 is 5.20. The number of nitrogens with zero attached hydrogens (tertiary/aromatic N) is 3. The first-order chi connectivity index (χ1) is 10.7. The first-order valence-corrected chi connectivity index (χ1v) is 7.93. The molecule has 0 aromatic carbocycles. The van der Waals surface area contributed by atoms with E-state index in [1.54, 1.807) is 7.11 Å². The summed E-state index contributed by atoms with van der Waals surface area (Å²) in [6.07, 6.45) is 2.22. The van der Waals surface area contributed by atoms with Crippen molar-refractivity contribution in [3.8, 4) is 0 Å². The highest BCUT2D eigenvalue weighted by atomic mass is 16.5. The molecule has 3 rings (SSSR count). The number of nitrogens with one attached hydrogen (secondary N) is 1. The Balaban J connectivity index is 1.78. The van der Waals surface area contributed by atoms with Gasteiger partial charge in [0.2, 0.25) is 0 Å². The molecule has 0 saturated heterocycles. The fourth-order valence-corrected chi connectivity index (χ4v) is 2.69. The molecule has 0 atom stereocenters. The van der Waals surface area contributed by atoms with Crippen LogP contribution in [0, 0.1) is 6.92 Å². The zero-order chi connectivity index (χ0) is 15.5. The number of carbonyl (C=O) groups is 1. The second-order valence-electron chi connectivity index (χ2n) is 6.06. The predicted molar refractivity (Wildman–Crippen MR) is 85.0 cm³/mol. The number of amides is 2. The van der Waals surface area contributed by atoms with E-state index < -0.39 is 0 Å². The van der Waals surface area contributed by atoms with Crippen LogP contribution in [0.15, 0.2) is 12.1 Å². The summed E-state index contributed by atoms with van der Waals surface area (Å²) >= 11 is 0. The van der Waals surface area contributed by atoms with Gasteiger partial charge in [0.1, 0.15) is 5.82 Å². The van der Waals surface area contributed by atoms with Crippen molar-refractivity contribution in [2.75, 3.05) is 38.3 Å². The summed E-state index contributed by atoms with van der Waals surface area (Å²) in [5, 5.41) is 3.07. The number of rotatable bonds is 4. The molecule has 6 nitrogen and oxygen atoms in total. The molecule has 2 amide bonds. The van der Waals surface area contributed by atoms with Crippen molar-refractivity contribution in [1.82, 2.24) is 15.2 Å². The normalized spacial score (nSPS) is 17.9. The van der Waals surface area contributed by atoms with E-state index >= 15 is 0 Å². The highest BCUT2D eigenvalue weighted by Gasteiger charge is 2.28. The largest absolute Gasteiger partial charge is 0.383 e. The second-order valence-corrected chi connectivity index (χ2v) is 6.06. The number of fused-ring (bicyclic) bond motifs is 1. The number of hydrogen-bond donors (Lipinski definition) is 1. The highest BCUT2D eigenvalue weighted by Crippen LogP contribution is 2.24. The zero-order valence-electron chi connectivity index (χ0n) is 13.3. The lowest BCUT2D eigenvalue weighted by Crippen LogP contribution is -2.42. The molecule has 2 aliphatic rings. The molecule has 1 aliphatic heterocycles. The van der Waals surface area contributed by atoms with Crippen LogP contribution in [0.5, 0.6) is 0 Å². The molecule has 0 radical (unpaired) electrons. The monoisotopic (exact) mass is 304 g/mol. The third kappa shape index (κ3) is 3.50. The van der Waals surface area contributed by atoms with E-state index in [0.29, 0.717) is 25.7 Å². The van der Waals surface area contributed by atoms with Gasteiger partial charge in [-0.05, 0) is 25.8 Å². The van der Waals surface area contributed by atoms with Crippen molar-refractivity contribution in [2.45, 2.75) is 32.4 Å². The number of urea groups is 1. The topological polar surface area (TPSA) is 57.7 Å². The van der Waals surface area contributed by atoms with Crippen molar-refractivity contribution in [3.05, 3.63) is 23.4 Å². The van der Waals surface area contributed by atoms with Crippen LogP contribution in [-0.2, 0) is 11.3 Å². The van der Waals surface area contributed by atoms with E-state index in [9.17, 15) is 4.79 Å². The molecule has 6 heteroatoms. The average Bonchev–Trinajstić information content (AvgIpc) is 3.32. The van der Waals surface area contributed by atoms with E-state index in [2.05, 4.69) is 21.3 Å². The Hall–Kier alpha value is -1.82. The number of anilines is 1. The maximum Gasteiger partial charge on any atom is 0.317 e. The lowest BCUT2D eigenvalue weighted by molar-refractivity contribution is 0.195. The molecule has 0 bridgehead atoms. The maximum absolute atomic E-state index is 12.3. The Kier molecular flexibility index (Phi) is 4.47. The van der Waals surface area contributed by atoms with Crippen molar-refractivity contribution in [2.24, 2.45) is 0 Å². The van der Waals surface area contributed by atoms with Gasteiger partial charge in [-0.1, -0.05) is 6.07 Å². The lowest BCUT2D eigenvalue weighted by atomic mass is 10.2. The molecular weight excluding hydrogens is 280 g/mol. The van der Waals surface area contributed by atoms with E-state index in [1.165, 1.54) is 0 Å². The fourth-order valence-electron chi connectivity index (χ4n) is 2.69. The second kappa shape index (κ2) is 6.52. The third-order valence-electron chi connectivity index (χ3n) is 4.15. The summed E-state index contributed by atoms with van der Waals surface area (Å²) in [5.74, 6) is 0.985. The Morgan fingerprint density at radius 1 is 1.41 bits per heavy atom. The quantitative estimate of drug-likeness (QED) is 0.916. The minimum atomic E-state index is 0.0441. The van der Waals surface area contributed by atoms with Gasteiger partial charge in [0, 0.05) is 44.0 Å². The number of pyridine rings is 1. The van der Waals surface area contributed by atoms with Crippen LogP contribution in [0.3, 0.4) is 0 Å². The number of hydrogen-bond acceptors (Lipinski definition) is 4. The highest BCUT2D eigenvalue weighted by molar-refractivity contribution is 5.75. The molecule has 22 heavy (non-hydrogen) atoms. The standard InChI is InChI=1S/C16H24N4O2/c1-12-3-4-13-11-20(16(21)18-14-5-6-14)8-7-19(9-10-22-2)15(13)17-12/h3-4,14H,5-11H2,1-2H3,(H,18,21). The Morgan fingerprint density at radius 3 is 2.95 bits per heavy atom. The van der Waals surface area contributed by atoms with Crippen LogP contribution in [0.2, 0.25) is 0 Å². The molecule has 1 N–H and O–H groups in total. The molecule has 1 aromatic rings. The average molecular weight is 304 g/mol. The molecule has 1 aliphatic carbocycles. The Morgan fingerprint density at radius 2 is 2.23 bits per heavy atom. The predicted octanol–water partition coefficient (Wildman–Crippen LogP) is 1.53. The van der Waals surface area contributed by atoms with Crippen LogP contribution >= 0.6 is 0 Å². The van der Waals surface area contributed by atoms with Crippen LogP contribution < -0.4 is 10.2 Å². The molecule has 0 unspecified atom stereocenters. The smallest absolute Gasteiger partial charge is 0.317 e. The number of ether oxygens (including phenoxy) is 1. The van der Waals surface area contributed by atoms with Gasteiger partial charge >= 0.3 is 6.03 Å². The van der Waals surface area contributed by atoms with Gasteiger partial charge in [0.15, 0.2) is 0 Å². The van der Waals surface area contributed by atoms with Gasteiger partial charge in [-0.2, -0.15) is 0 Å². The first-order valence-electron chi connectivity index (χ1n) is 7.93. The van der Waals surface area contributed by atoms with E-state index in [-0.39, 0.29) is 6.03 Å². The SMILES string of the molecule is COCCN1CCN(C(=O)NC2CC2)Cc2ccc(C)nc21. The third-order valence-corrected chi connectivity index (χ3v) is 4.15. The van der Waals surface area contributed by atoms with E-state index in [4.69, 9.17) is 4.74 Å².